The number of aryl methyl sites for hydroxylation is 1. The molecule has 26 heavy (non-hydrogen) atoms. The molecule has 1 N–H and O–H groups in total. The fraction of sp³-hybridized carbons (Fsp3) is 0.619. The summed E-state index contributed by atoms with van der Waals surface area (Å²) < 4.78 is 0. The lowest BCUT2D eigenvalue weighted by atomic mass is 9.88. The average Bonchev–Trinajstić information content (AvgIpc) is 3.09. The minimum atomic E-state index is 0.0690. The molecule has 1 amide bonds. The Hall–Kier alpha value is -2.04. The predicted molar refractivity (Wildman–Crippen MR) is 101 cm³/mol. The van der Waals surface area contributed by atoms with Crippen LogP contribution in [0.1, 0.15) is 60.5 Å². The second-order valence-corrected chi connectivity index (χ2v) is 8.01. The number of phenolic OH excluding ortho intramolecular Hbond substituents is 1. The van der Waals surface area contributed by atoms with Gasteiger partial charge in [0.1, 0.15) is 5.75 Å². The van der Waals surface area contributed by atoms with Crippen LogP contribution < -0.4 is 4.90 Å². The van der Waals surface area contributed by atoms with E-state index in [1.54, 1.807) is 6.92 Å². The summed E-state index contributed by atoms with van der Waals surface area (Å²) >= 11 is 0. The number of piperidine rings is 1. The molecule has 0 saturated carbocycles. The van der Waals surface area contributed by atoms with Crippen molar-refractivity contribution in [2.24, 2.45) is 5.92 Å². The van der Waals surface area contributed by atoms with Gasteiger partial charge in [0.15, 0.2) is 5.78 Å². The number of anilines is 1. The van der Waals surface area contributed by atoms with Crippen molar-refractivity contribution in [1.29, 1.82) is 0 Å². The summed E-state index contributed by atoms with van der Waals surface area (Å²) in [5.41, 5.74) is 3.95. The largest absolute Gasteiger partial charge is 0.507 e. The molecule has 3 aliphatic rings. The monoisotopic (exact) mass is 356 g/mol. The number of ketones is 1. The van der Waals surface area contributed by atoms with Gasteiger partial charge in [0.05, 0.1) is 5.56 Å². The van der Waals surface area contributed by atoms with E-state index in [1.807, 2.05) is 11.0 Å². The maximum Gasteiger partial charge on any atom is 0.219 e. The molecule has 0 radical (unpaired) electrons. The summed E-state index contributed by atoms with van der Waals surface area (Å²) in [4.78, 5) is 28.5. The summed E-state index contributed by atoms with van der Waals surface area (Å²) in [6.07, 6.45) is 6.26. The molecule has 1 fully saturated rings. The van der Waals surface area contributed by atoms with Gasteiger partial charge in [0.25, 0.3) is 0 Å². The standard InChI is InChI=1S/C21H28N2O3/c1-14(24)22-10-6-15(7-11-22)4-5-19(25)18-13-16-3-2-9-23-12-8-17(20(16)23)21(18)26/h13,15,26H,2-12H2,1H3. The number of hydrogen-bond donors (Lipinski definition) is 1. The molecular weight excluding hydrogens is 328 g/mol. The molecule has 3 heterocycles. The molecule has 0 aliphatic carbocycles. The van der Waals surface area contributed by atoms with Crippen LogP contribution in [0.4, 0.5) is 5.69 Å². The zero-order valence-electron chi connectivity index (χ0n) is 15.6. The molecule has 4 rings (SSSR count). The lowest BCUT2D eigenvalue weighted by molar-refractivity contribution is -0.130. The fourth-order valence-electron chi connectivity index (χ4n) is 4.86. The van der Waals surface area contributed by atoms with Crippen LogP contribution in [0.15, 0.2) is 6.07 Å². The first-order valence-corrected chi connectivity index (χ1v) is 9.96. The number of rotatable bonds is 4. The summed E-state index contributed by atoms with van der Waals surface area (Å²) in [6, 6.07) is 1.95. The number of nitrogens with zero attached hydrogens (tertiary/aromatic N) is 2. The Kier molecular flexibility index (Phi) is 4.63. The van der Waals surface area contributed by atoms with Crippen molar-refractivity contribution >= 4 is 17.4 Å². The molecular formula is C21H28N2O3. The Bertz CT molecular complexity index is 735. The number of benzene rings is 1. The van der Waals surface area contributed by atoms with Crippen LogP contribution in [0.3, 0.4) is 0 Å². The van der Waals surface area contributed by atoms with Crippen molar-refractivity contribution in [2.75, 3.05) is 31.1 Å². The number of aromatic hydroxyl groups is 1. The predicted octanol–water partition coefficient (Wildman–Crippen LogP) is 2.92. The molecule has 0 aromatic heterocycles. The third kappa shape index (κ3) is 3.08. The molecule has 1 saturated heterocycles. The van der Waals surface area contributed by atoms with Gasteiger partial charge in [-0.3, -0.25) is 9.59 Å². The van der Waals surface area contributed by atoms with E-state index in [9.17, 15) is 14.7 Å². The van der Waals surface area contributed by atoms with E-state index in [4.69, 9.17) is 0 Å². The van der Waals surface area contributed by atoms with E-state index in [0.29, 0.717) is 17.9 Å². The van der Waals surface area contributed by atoms with E-state index in [-0.39, 0.29) is 17.4 Å². The van der Waals surface area contributed by atoms with E-state index in [1.165, 1.54) is 11.3 Å². The van der Waals surface area contributed by atoms with Gasteiger partial charge < -0.3 is 14.9 Å². The minimum absolute atomic E-state index is 0.0690. The van der Waals surface area contributed by atoms with Crippen LogP contribution in [0.5, 0.6) is 5.75 Å². The van der Waals surface area contributed by atoms with Crippen LogP contribution in [0.2, 0.25) is 0 Å². The molecule has 1 aromatic rings. The van der Waals surface area contributed by atoms with Crippen molar-refractivity contribution in [2.45, 2.75) is 51.9 Å². The smallest absolute Gasteiger partial charge is 0.219 e. The maximum atomic E-state index is 12.8. The van der Waals surface area contributed by atoms with Crippen molar-refractivity contribution in [3.63, 3.8) is 0 Å². The SMILES string of the molecule is CC(=O)N1CCC(CCC(=O)c2cc3c4c(c2O)CCN4CCC3)CC1. The van der Waals surface area contributed by atoms with Gasteiger partial charge in [-0.25, -0.2) is 0 Å². The number of phenols is 1. The number of amides is 1. The average molecular weight is 356 g/mol. The molecule has 1 aromatic carbocycles. The highest BCUT2D eigenvalue weighted by Crippen LogP contribution is 2.43. The molecule has 0 unspecified atom stereocenters. The lowest BCUT2D eigenvalue weighted by Crippen LogP contribution is -2.37. The number of carbonyl (C=O) groups excluding carboxylic acids is 2. The zero-order chi connectivity index (χ0) is 18.3. The van der Waals surface area contributed by atoms with Gasteiger partial charge in [-0.2, -0.15) is 0 Å². The van der Waals surface area contributed by atoms with Crippen molar-refractivity contribution in [3.05, 3.63) is 22.8 Å². The molecule has 0 bridgehead atoms. The van der Waals surface area contributed by atoms with Gasteiger partial charge in [0, 0.05) is 50.8 Å². The Morgan fingerprint density at radius 1 is 1.15 bits per heavy atom. The van der Waals surface area contributed by atoms with Crippen LogP contribution in [-0.4, -0.2) is 47.9 Å². The summed E-state index contributed by atoms with van der Waals surface area (Å²) in [6.45, 7) is 5.25. The molecule has 5 nitrogen and oxygen atoms in total. The van der Waals surface area contributed by atoms with E-state index in [0.717, 1.165) is 70.3 Å². The Morgan fingerprint density at radius 2 is 1.92 bits per heavy atom. The Balaban J connectivity index is 1.42. The van der Waals surface area contributed by atoms with E-state index in [2.05, 4.69) is 4.90 Å². The quantitative estimate of drug-likeness (QED) is 0.843. The highest BCUT2D eigenvalue weighted by Gasteiger charge is 2.31. The van der Waals surface area contributed by atoms with E-state index >= 15 is 0 Å². The van der Waals surface area contributed by atoms with Gasteiger partial charge >= 0.3 is 0 Å². The van der Waals surface area contributed by atoms with Crippen molar-refractivity contribution in [3.8, 4) is 5.75 Å². The topological polar surface area (TPSA) is 60.9 Å². The lowest BCUT2D eigenvalue weighted by Gasteiger charge is -2.31. The fourth-order valence-corrected chi connectivity index (χ4v) is 4.86. The Labute approximate surface area is 155 Å². The molecule has 0 atom stereocenters. The first kappa shape index (κ1) is 17.4. The summed E-state index contributed by atoms with van der Waals surface area (Å²) in [7, 11) is 0. The summed E-state index contributed by atoms with van der Waals surface area (Å²) in [5, 5.41) is 10.7. The normalized spacial score (nSPS) is 19.6. The number of carbonyl (C=O) groups is 2. The molecule has 5 heteroatoms. The number of likely N-dealkylation sites (tertiary alicyclic amines) is 1. The van der Waals surface area contributed by atoms with Crippen LogP contribution in [0.25, 0.3) is 0 Å². The van der Waals surface area contributed by atoms with E-state index < -0.39 is 0 Å². The minimum Gasteiger partial charge on any atom is -0.507 e. The van der Waals surface area contributed by atoms with Crippen LogP contribution in [-0.2, 0) is 17.6 Å². The van der Waals surface area contributed by atoms with Gasteiger partial charge in [-0.05, 0) is 56.1 Å². The molecule has 0 spiro atoms. The first-order valence-electron chi connectivity index (χ1n) is 9.96. The van der Waals surface area contributed by atoms with Gasteiger partial charge in [-0.1, -0.05) is 0 Å². The number of Topliss-reactive ketones (excluding diaryl/α,β-unsaturated/α-hetero) is 1. The molecule has 3 aliphatic heterocycles. The second kappa shape index (κ2) is 6.93. The first-order chi connectivity index (χ1) is 12.5. The van der Waals surface area contributed by atoms with Crippen LogP contribution >= 0.6 is 0 Å². The number of hydrogen-bond acceptors (Lipinski definition) is 4. The highest BCUT2D eigenvalue weighted by molar-refractivity contribution is 6.00. The third-order valence-corrected chi connectivity index (χ3v) is 6.41. The van der Waals surface area contributed by atoms with Gasteiger partial charge in [0.2, 0.25) is 5.91 Å². The van der Waals surface area contributed by atoms with Crippen molar-refractivity contribution in [1.82, 2.24) is 4.90 Å². The van der Waals surface area contributed by atoms with Crippen LogP contribution in [0, 0.1) is 5.92 Å². The maximum absolute atomic E-state index is 12.8. The highest BCUT2D eigenvalue weighted by atomic mass is 16.3. The third-order valence-electron chi connectivity index (χ3n) is 6.41. The van der Waals surface area contributed by atoms with Gasteiger partial charge in [-0.15, -0.1) is 0 Å². The zero-order valence-corrected chi connectivity index (χ0v) is 15.6. The second-order valence-electron chi connectivity index (χ2n) is 8.01. The molecule has 140 valence electrons. The van der Waals surface area contributed by atoms with Crippen molar-refractivity contribution < 1.29 is 14.7 Å². The Morgan fingerprint density at radius 3 is 2.65 bits per heavy atom. The summed E-state index contributed by atoms with van der Waals surface area (Å²) in [5.74, 6) is 0.940.